The molecule has 2 aromatic rings. The highest BCUT2D eigenvalue weighted by Crippen LogP contribution is 2.60. The summed E-state index contributed by atoms with van der Waals surface area (Å²) in [5.74, 6) is 0. The predicted molar refractivity (Wildman–Crippen MR) is 89.9 cm³/mol. The average molecular weight is 293 g/mol. The molecule has 0 aromatic heterocycles. The number of hydrogen-bond acceptors (Lipinski definition) is 2. The normalized spacial score (nSPS) is 33.5. The summed E-state index contributed by atoms with van der Waals surface area (Å²) in [6.45, 7) is 5.51. The molecule has 0 aliphatic carbocycles. The highest BCUT2D eigenvalue weighted by Gasteiger charge is 2.57. The predicted octanol–water partition coefficient (Wildman–Crippen LogP) is 4.89. The third kappa shape index (κ3) is 1.77. The van der Waals surface area contributed by atoms with Crippen LogP contribution in [0.5, 0.6) is 0 Å². The monoisotopic (exact) mass is 293 g/mol. The number of rotatable bonds is 1. The van der Waals surface area contributed by atoms with Gasteiger partial charge in [-0.25, -0.2) is 0 Å². The SMILES string of the molecule is C[C@@]12OCCC[C@]1(C)[C@@H](c1ccccc1)Nc1ccccc12. The lowest BCUT2D eigenvalue weighted by Crippen LogP contribution is -2.55. The molecule has 0 amide bonds. The molecule has 0 radical (unpaired) electrons. The number of ether oxygens (including phenoxy) is 1. The molecule has 1 fully saturated rings. The first-order valence-electron chi connectivity index (χ1n) is 8.20. The zero-order valence-electron chi connectivity index (χ0n) is 13.3. The molecule has 0 unspecified atom stereocenters. The Morgan fingerprint density at radius 1 is 1.00 bits per heavy atom. The quantitative estimate of drug-likeness (QED) is 0.808. The van der Waals surface area contributed by atoms with Crippen LogP contribution in [0.2, 0.25) is 0 Å². The molecule has 0 bridgehead atoms. The third-order valence-electron chi connectivity index (χ3n) is 5.83. The summed E-state index contributed by atoms with van der Waals surface area (Å²) in [4.78, 5) is 0. The molecule has 1 N–H and O–H groups in total. The van der Waals surface area contributed by atoms with Gasteiger partial charge in [-0.05, 0) is 31.4 Å². The number of nitrogens with one attached hydrogen (secondary N) is 1. The second-order valence-electron chi connectivity index (χ2n) is 6.94. The van der Waals surface area contributed by atoms with Gasteiger partial charge in [0.15, 0.2) is 0 Å². The molecule has 1 saturated heterocycles. The maximum Gasteiger partial charge on any atom is 0.0999 e. The molecule has 0 spiro atoms. The van der Waals surface area contributed by atoms with Crippen LogP contribution in [0.3, 0.4) is 0 Å². The molecule has 2 heteroatoms. The lowest BCUT2D eigenvalue weighted by atomic mass is 9.59. The van der Waals surface area contributed by atoms with E-state index in [0.717, 1.165) is 13.0 Å². The van der Waals surface area contributed by atoms with Gasteiger partial charge in [0.25, 0.3) is 0 Å². The molecule has 2 aliphatic heterocycles. The lowest BCUT2D eigenvalue weighted by Gasteiger charge is -2.57. The summed E-state index contributed by atoms with van der Waals surface area (Å²) in [6.07, 6.45) is 2.30. The van der Waals surface area contributed by atoms with Gasteiger partial charge < -0.3 is 10.1 Å². The van der Waals surface area contributed by atoms with Gasteiger partial charge in [-0.1, -0.05) is 55.5 Å². The standard InChI is InChI=1S/C20H23NO/c1-19-13-8-14-22-20(19,2)16-11-6-7-12-17(16)21-18(19)15-9-4-3-5-10-15/h3-7,9-12,18,21H,8,13-14H2,1-2H3/t18-,19-,20+/m1/s1. The van der Waals surface area contributed by atoms with Gasteiger partial charge in [0, 0.05) is 23.3 Å². The number of benzene rings is 2. The second-order valence-corrected chi connectivity index (χ2v) is 6.94. The molecule has 2 aliphatic rings. The van der Waals surface area contributed by atoms with Gasteiger partial charge in [-0.3, -0.25) is 0 Å². The molecular formula is C20H23NO. The van der Waals surface area contributed by atoms with E-state index >= 15 is 0 Å². The molecule has 2 aromatic carbocycles. The van der Waals surface area contributed by atoms with E-state index in [1.165, 1.54) is 23.2 Å². The van der Waals surface area contributed by atoms with Gasteiger partial charge >= 0.3 is 0 Å². The van der Waals surface area contributed by atoms with E-state index in [1.54, 1.807) is 0 Å². The van der Waals surface area contributed by atoms with Gasteiger partial charge in [-0.2, -0.15) is 0 Å². The Labute approximate surface area is 132 Å². The fourth-order valence-electron chi connectivity index (χ4n) is 4.36. The van der Waals surface area contributed by atoms with Crippen LogP contribution in [0.4, 0.5) is 5.69 Å². The van der Waals surface area contributed by atoms with Gasteiger partial charge in [-0.15, -0.1) is 0 Å². The third-order valence-corrected chi connectivity index (χ3v) is 5.83. The Hall–Kier alpha value is -1.80. The van der Waals surface area contributed by atoms with Crippen LogP contribution in [0.25, 0.3) is 0 Å². The van der Waals surface area contributed by atoms with Crippen molar-refractivity contribution in [3.8, 4) is 0 Å². The summed E-state index contributed by atoms with van der Waals surface area (Å²) < 4.78 is 6.41. The summed E-state index contributed by atoms with van der Waals surface area (Å²) >= 11 is 0. The molecular weight excluding hydrogens is 270 g/mol. The van der Waals surface area contributed by atoms with Crippen molar-refractivity contribution in [3.05, 3.63) is 65.7 Å². The molecule has 0 saturated carbocycles. The van der Waals surface area contributed by atoms with Crippen LogP contribution in [-0.4, -0.2) is 6.61 Å². The molecule has 22 heavy (non-hydrogen) atoms. The van der Waals surface area contributed by atoms with E-state index in [1.807, 2.05) is 0 Å². The van der Waals surface area contributed by atoms with Crippen molar-refractivity contribution in [2.24, 2.45) is 5.41 Å². The molecule has 2 nitrogen and oxygen atoms in total. The zero-order valence-corrected chi connectivity index (χ0v) is 13.3. The Morgan fingerprint density at radius 3 is 2.55 bits per heavy atom. The maximum atomic E-state index is 6.41. The van der Waals surface area contributed by atoms with E-state index in [4.69, 9.17) is 4.74 Å². The van der Waals surface area contributed by atoms with E-state index < -0.39 is 0 Å². The number of para-hydroxylation sites is 1. The highest BCUT2D eigenvalue weighted by molar-refractivity contribution is 5.60. The van der Waals surface area contributed by atoms with E-state index in [-0.39, 0.29) is 17.1 Å². The first-order valence-corrected chi connectivity index (χ1v) is 8.20. The average Bonchev–Trinajstić information content (AvgIpc) is 2.56. The minimum absolute atomic E-state index is 0.0426. The maximum absolute atomic E-state index is 6.41. The fourth-order valence-corrected chi connectivity index (χ4v) is 4.36. The van der Waals surface area contributed by atoms with Crippen molar-refractivity contribution in [1.29, 1.82) is 0 Å². The topological polar surface area (TPSA) is 21.3 Å². The van der Waals surface area contributed by atoms with Crippen molar-refractivity contribution in [2.45, 2.75) is 38.3 Å². The second kappa shape index (κ2) is 4.85. The van der Waals surface area contributed by atoms with Crippen LogP contribution >= 0.6 is 0 Å². The van der Waals surface area contributed by atoms with Crippen molar-refractivity contribution in [3.63, 3.8) is 0 Å². The van der Waals surface area contributed by atoms with Gasteiger partial charge in [0.1, 0.15) is 0 Å². The lowest BCUT2D eigenvalue weighted by molar-refractivity contribution is -0.171. The molecule has 3 atom stereocenters. The van der Waals surface area contributed by atoms with E-state index in [2.05, 4.69) is 73.8 Å². The Bertz CT molecular complexity index is 683. The largest absolute Gasteiger partial charge is 0.377 e. The highest BCUT2D eigenvalue weighted by atomic mass is 16.5. The van der Waals surface area contributed by atoms with Crippen molar-refractivity contribution < 1.29 is 4.74 Å². The fraction of sp³-hybridized carbons (Fsp3) is 0.400. The Morgan fingerprint density at radius 2 is 1.73 bits per heavy atom. The zero-order chi connectivity index (χ0) is 15.2. The van der Waals surface area contributed by atoms with Crippen molar-refractivity contribution in [2.75, 3.05) is 11.9 Å². The smallest absolute Gasteiger partial charge is 0.0999 e. The van der Waals surface area contributed by atoms with Crippen LogP contribution in [0, 0.1) is 5.41 Å². The number of anilines is 1. The van der Waals surface area contributed by atoms with Crippen LogP contribution in [0.15, 0.2) is 54.6 Å². The molecule has 114 valence electrons. The Balaban J connectivity index is 1.91. The molecule has 2 heterocycles. The van der Waals surface area contributed by atoms with Crippen LogP contribution in [-0.2, 0) is 10.3 Å². The summed E-state index contributed by atoms with van der Waals surface area (Å²) in [5, 5.41) is 3.80. The first kappa shape index (κ1) is 13.8. The van der Waals surface area contributed by atoms with Gasteiger partial charge in [0.05, 0.1) is 11.6 Å². The number of fused-ring (bicyclic) bond motifs is 3. The Kier molecular flexibility index (Phi) is 3.05. The minimum atomic E-state index is -0.242. The van der Waals surface area contributed by atoms with Crippen molar-refractivity contribution in [1.82, 2.24) is 0 Å². The summed E-state index contributed by atoms with van der Waals surface area (Å²) in [6, 6.07) is 19.7. The first-order chi connectivity index (χ1) is 10.7. The van der Waals surface area contributed by atoms with Crippen molar-refractivity contribution >= 4 is 5.69 Å². The summed E-state index contributed by atoms with van der Waals surface area (Å²) in [7, 11) is 0. The van der Waals surface area contributed by atoms with Crippen LogP contribution in [0.1, 0.15) is 43.9 Å². The minimum Gasteiger partial charge on any atom is -0.377 e. The van der Waals surface area contributed by atoms with Crippen LogP contribution < -0.4 is 5.32 Å². The molecule has 4 rings (SSSR count). The van der Waals surface area contributed by atoms with Gasteiger partial charge in [0.2, 0.25) is 0 Å². The number of hydrogen-bond donors (Lipinski definition) is 1. The van der Waals surface area contributed by atoms with E-state index in [9.17, 15) is 0 Å². The summed E-state index contributed by atoms with van der Waals surface area (Å²) in [5.41, 5.74) is 3.65. The van der Waals surface area contributed by atoms with E-state index in [0.29, 0.717) is 0 Å².